The van der Waals surface area contributed by atoms with Crippen LogP contribution in [0.5, 0.6) is 23.0 Å². The molecule has 5 nitrogen and oxygen atoms in total. The predicted molar refractivity (Wildman–Crippen MR) is 79.1 cm³/mol. The molecule has 2 aromatic rings. The highest BCUT2D eigenvalue weighted by atomic mass is 16.5. The Bertz CT molecular complexity index is 561. The minimum atomic E-state index is -0.556. The first-order chi connectivity index (χ1) is 10.2. The molecule has 0 radical (unpaired) electrons. The van der Waals surface area contributed by atoms with Crippen LogP contribution in [-0.2, 0) is 0 Å². The standard InChI is InChI=1S/C16H19NO4/c1-4-13(18)12-9-8-11(10-17-12)21-16-14(19-2)6-5-7-15(16)20-3/h5-10,13,18H,4H2,1-3H3. The van der Waals surface area contributed by atoms with Crippen molar-refractivity contribution in [1.82, 2.24) is 4.98 Å². The van der Waals surface area contributed by atoms with Crippen LogP contribution < -0.4 is 14.2 Å². The molecule has 21 heavy (non-hydrogen) atoms. The van der Waals surface area contributed by atoms with Crippen molar-refractivity contribution >= 4 is 0 Å². The maximum absolute atomic E-state index is 9.73. The van der Waals surface area contributed by atoms with Crippen molar-refractivity contribution in [3.05, 3.63) is 42.2 Å². The van der Waals surface area contributed by atoms with Crippen LogP contribution in [0.1, 0.15) is 25.1 Å². The van der Waals surface area contributed by atoms with E-state index in [1.165, 1.54) is 0 Å². The molecule has 0 fully saturated rings. The van der Waals surface area contributed by atoms with Gasteiger partial charge in [0.25, 0.3) is 0 Å². The SMILES string of the molecule is CCC(O)c1ccc(Oc2c(OC)cccc2OC)cn1. The van der Waals surface area contributed by atoms with Gasteiger partial charge in [-0.15, -0.1) is 0 Å². The fourth-order valence-electron chi connectivity index (χ4n) is 1.89. The number of hydrogen-bond donors (Lipinski definition) is 1. The number of aromatic nitrogens is 1. The minimum absolute atomic E-state index is 0.494. The van der Waals surface area contributed by atoms with Crippen molar-refractivity contribution in [2.45, 2.75) is 19.4 Å². The molecule has 0 saturated carbocycles. The summed E-state index contributed by atoms with van der Waals surface area (Å²) in [5.41, 5.74) is 0.622. The molecule has 0 amide bonds. The monoisotopic (exact) mass is 289 g/mol. The lowest BCUT2D eigenvalue weighted by atomic mass is 10.2. The number of nitrogens with zero attached hydrogens (tertiary/aromatic N) is 1. The van der Waals surface area contributed by atoms with E-state index in [1.807, 2.05) is 13.0 Å². The summed E-state index contributed by atoms with van der Waals surface area (Å²) < 4.78 is 16.3. The van der Waals surface area contributed by atoms with Crippen LogP contribution in [0.3, 0.4) is 0 Å². The Morgan fingerprint density at radius 3 is 2.24 bits per heavy atom. The third-order valence-corrected chi connectivity index (χ3v) is 3.09. The molecule has 0 aliphatic carbocycles. The molecule has 0 aliphatic heterocycles. The number of benzene rings is 1. The van der Waals surface area contributed by atoms with E-state index in [1.54, 1.807) is 44.7 Å². The lowest BCUT2D eigenvalue weighted by Gasteiger charge is -2.14. The number of methoxy groups -OCH3 is 2. The van der Waals surface area contributed by atoms with Gasteiger partial charge in [-0.1, -0.05) is 13.0 Å². The molecule has 0 aliphatic rings. The molecule has 0 spiro atoms. The summed E-state index contributed by atoms with van der Waals surface area (Å²) >= 11 is 0. The number of rotatable bonds is 6. The molecular formula is C16H19NO4. The smallest absolute Gasteiger partial charge is 0.211 e. The molecule has 0 saturated heterocycles. The van der Waals surface area contributed by atoms with Crippen molar-refractivity contribution in [2.75, 3.05) is 14.2 Å². The van der Waals surface area contributed by atoms with Crippen LogP contribution in [0.4, 0.5) is 0 Å². The second-order valence-corrected chi connectivity index (χ2v) is 4.44. The fourth-order valence-corrected chi connectivity index (χ4v) is 1.89. The molecule has 1 heterocycles. The van der Waals surface area contributed by atoms with Crippen LogP contribution in [0.2, 0.25) is 0 Å². The van der Waals surface area contributed by atoms with Crippen LogP contribution in [-0.4, -0.2) is 24.3 Å². The quantitative estimate of drug-likeness (QED) is 0.883. The van der Waals surface area contributed by atoms with Gasteiger partial charge in [-0.05, 0) is 30.7 Å². The van der Waals surface area contributed by atoms with Gasteiger partial charge in [-0.3, -0.25) is 4.98 Å². The van der Waals surface area contributed by atoms with Crippen molar-refractivity contribution < 1.29 is 19.3 Å². The van der Waals surface area contributed by atoms with E-state index in [0.717, 1.165) is 0 Å². The third kappa shape index (κ3) is 3.44. The topological polar surface area (TPSA) is 60.8 Å². The Hall–Kier alpha value is -2.27. The van der Waals surface area contributed by atoms with Gasteiger partial charge in [0, 0.05) is 0 Å². The summed E-state index contributed by atoms with van der Waals surface area (Å²) in [4.78, 5) is 4.20. The number of pyridine rings is 1. The van der Waals surface area contributed by atoms with Crippen molar-refractivity contribution in [1.29, 1.82) is 0 Å². The van der Waals surface area contributed by atoms with Gasteiger partial charge < -0.3 is 19.3 Å². The van der Waals surface area contributed by atoms with E-state index >= 15 is 0 Å². The Balaban J connectivity index is 2.26. The summed E-state index contributed by atoms with van der Waals surface area (Å²) in [7, 11) is 3.14. The molecule has 0 bridgehead atoms. The Labute approximate surface area is 124 Å². The lowest BCUT2D eigenvalue weighted by molar-refractivity contribution is 0.169. The first-order valence-electron chi connectivity index (χ1n) is 6.72. The highest BCUT2D eigenvalue weighted by Crippen LogP contribution is 2.39. The lowest BCUT2D eigenvalue weighted by Crippen LogP contribution is -1.99. The summed E-state index contributed by atoms with van der Waals surface area (Å²) in [6, 6.07) is 8.91. The van der Waals surface area contributed by atoms with Gasteiger partial charge >= 0.3 is 0 Å². The maximum Gasteiger partial charge on any atom is 0.211 e. The maximum atomic E-state index is 9.73. The Morgan fingerprint density at radius 2 is 1.76 bits per heavy atom. The largest absolute Gasteiger partial charge is 0.493 e. The number of ether oxygens (including phenoxy) is 3. The second-order valence-electron chi connectivity index (χ2n) is 4.44. The first-order valence-corrected chi connectivity index (χ1v) is 6.72. The number of aliphatic hydroxyl groups is 1. The van der Waals surface area contributed by atoms with Crippen molar-refractivity contribution in [3.63, 3.8) is 0 Å². The van der Waals surface area contributed by atoms with E-state index in [2.05, 4.69) is 4.98 Å². The van der Waals surface area contributed by atoms with Gasteiger partial charge in [0.15, 0.2) is 11.5 Å². The van der Waals surface area contributed by atoms with E-state index in [4.69, 9.17) is 14.2 Å². The molecule has 5 heteroatoms. The van der Waals surface area contributed by atoms with Crippen LogP contribution in [0.15, 0.2) is 36.5 Å². The summed E-state index contributed by atoms with van der Waals surface area (Å²) in [5.74, 6) is 2.19. The summed E-state index contributed by atoms with van der Waals surface area (Å²) in [6.45, 7) is 1.90. The average molecular weight is 289 g/mol. The molecule has 2 rings (SSSR count). The zero-order valence-corrected chi connectivity index (χ0v) is 12.4. The van der Waals surface area contributed by atoms with E-state index in [0.29, 0.717) is 35.1 Å². The Kier molecular flexibility index (Phi) is 5.00. The van der Waals surface area contributed by atoms with Gasteiger partial charge in [-0.25, -0.2) is 0 Å². The van der Waals surface area contributed by atoms with Crippen LogP contribution in [0, 0.1) is 0 Å². The van der Waals surface area contributed by atoms with E-state index < -0.39 is 6.10 Å². The zero-order chi connectivity index (χ0) is 15.2. The second kappa shape index (κ2) is 6.95. The molecule has 1 aromatic heterocycles. The molecule has 112 valence electrons. The number of aliphatic hydroxyl groups excluding tert-OH is 1. The molecule has 1 aromatic carbocycles. The number of para-hydroxylation sites is 1. The molecule has 1 atom stereocenters. The first kappa shape index (κ1) is 15.1. The molecule has 1 N–H and O–H groups in total. The fraction of sp³-hybridized carbons (Fsp3) is 0.312. The van der Waals surface area contributed by atoms with Gasteiger partial charge in [0.2, 0.25) is 5.75 Å². The highest BCUT2D eigenvalue weighted by Gasteiger charge is 2.13. The zero-order valence-electron chi connectivity index (χ0n) is 12.4. The molecular weight excluding hydrogens is 270 g/mol. The van der Waals surface area contributed by atoms with Crippen LogP contribution >= 0.6 is 0 Å². The van der Waals surface area contributed by atoms with Crippen LogP contribution in [0.25, 0.3) is 0 Å². The normalized spacial score (nSPS) is 11.8. The summed E-state index contributed by atoms with van der Waals surface area (Å²) in [5, 5.41) is 9.73. The van der Waals surface area contributed by atoms with Gasteiger partial charge in [0.1, 0.15) is 5.75 Å². The summed E-state index contributed by atoms with van der Waals surface area (Å²) in [6.07, 6.45) is 1.63. The highest BCUT2D eigenvalue weighted by molar-refractivity contribution is 5.52. The van der Waals surface area contributed by atoms with Gasteiger partial charge in [-0.2, -0.15) is 0 Å². The third-order valence-electron chi connectivity index (χ3n) is 3.09. The Morgan fingerprint density at radius 1 is 1.10 bits per heavy atom. The number of hydrogen-bond acceptors (Lipinski definition) is 5. The van der Waals surface area contributed by atoms with E-state index in [-0.39, 0.29) is 0 Å². The predicted octanol–water partition coefficient (Wildman–Crippen LogP) is 3.33. The van der Waals surface area contributed by atoms with Gasteiger partial charge in [0.05, 0.1) is 32.2 Å². The average Bonchev–Trinajstić information content (AvgIpc) is 2.55. The van der Waals surface area contributed by atoms with Crippen molar-refractivity contribution in [2.24, 2.45) is 0 Å². The van der Waals surface area contributed by atoms with Crippen molar-refractivity contribution in [3.8, 4) is 23.0 Å². The minimum Gasteiger partial charge on any atom is -0.493 e. The van der Waals surface area contributed by atoms with E-state index in [9.17, 15) is 5.11 Å². The molecule has 1 unspecified atom stereocenters.